The van der Waals surface area contributed by atoms with Gasteiger partial charge in [-0.05, 0) is 6.92 Å². The number of sulfonamides is 1. The van der Waals surface area contributed by atoms with E-state index in [1.54, 1.807) is 0 Å². The first-order valence-electron chi connectivity index (χ1n) is 6.45. The van der Waals surface area contributed by atoms with Gasteiger partial charge in [0.1, 0.15) is 4.90 Å². The third-order valence-electron chi connectivity index (χ3n) is 2.86. The fourth-order valence-electron chi connectivity index (χ4n) is 1.62. The van der Waals surface area contributed by atoms with E-state index in [4.69, 9.17) is 5.73 Å². The maximum absolute atomic E-state index is 12.3. The summed E-state index contributed by atoms with van der Waals surface area (Å²) < 4.78 is 28.6. The minimum atomic E-state index is -3.78. The Bertz CT molecular complexity index is 740. The van der Waals surface area contributed by atoms with Crippen LogP contribution in [0.5, 0.6) is 0 Å². The summed E-state index contributed by atoms with van der Waals surface area (Å²) in [5.74, 6) is -0.0167. The zero-order valence-corrected chi connectivity index (χ0v) is 14.0. The largest absolute Gasteiger partial charge is 0.381 e. The molecule has 2 rings (SSSR count). The second-order valence-corrected chi connectivity index (χ2v) is 8.14. The van der Waals surface area contributed by atoms with E-state index in [2.05, 4.69) is 14.8 Å². The lowest BCUT2D eigenvalue weighted by Crippen LogP contribution is -2.15. The number of nitrogen functional groups attached to an aromatic ring is 1. The fraction of sp³-hybridized carbons (Fsp3) is 0.500. The quantitative estimate of drug-likeness (QED) is 0.893. The standard InChI is InChI=1S/C12H19N5O2S2/c1-5-17-6-8(10(13)15-17)21(18,19)16-11-14-9(7-20-11)12(2,3)4/h6-7H,5H2,1-4H3,(H2,13,15)(H,14,16). The highest BCUT2D eigenvalue weighted by Crippen LogP contribution is 2.28. The predicted molar refractivity (Wildman–Crippen MR) is 83.9 cm³/mol. The van der Waals surface area contributed by atoms with Crippen molar-refractivity contribution >= 4 is 32.3 Å². The Morgan fingerprint density at radius 1 is 1.43 bits per heavy atom. The summed E-state index contributed by atoms with van der Waals surface area (Å²) in [4.78, 5) is 4.28. The van der Waals surface area contributed by atoms with E-state index in [1.807, 2.05) is 33.1 Å². The molecule has 0 aliphatic carbocycles. The van der Waals surface area contributed by atoms with Crippen molar-refractivity contribution in [2.45, 2.75) is 44.6 Å². The molecule has 0 spiro atoms. The Hall–Kier alpha value is -1.61. The molecule has 0 aliphatic rings. The summed E-state index contributed by atoms with van der Waals surface area (Å²) in [5.41, 5.74) is 6.37. The number of nitrogens with one attached hydrogen (secondary N) is 1. The molecule has 2 aromatic rings. The van der Waals surface area contributed by atoms with Crippen LogP contribution in [0.1, 0.15) is 33.4 Å². The normalized spacial score (nSPS) is 12.6. The zero-order chi connectivity index (χ0) is 15.8. The molecular weight excluding hydrogens is 310 g/mol. The SMILES string of the molecule is CCn1cc(S(=O)(=O)Nc2nc(C(C)(C)C)cs2)c(N)n1. The van der Waals surface area contributed by atoms with Crippen LogP contribution < -0.4 is 10.5 Å². The molecule has 0 atom stereocenters. The van der Waals surface area contributed by atoms with Crippen molar-refractivity contribution in [3.05, 3.63) is 17.3 Å². The first-order chi connectivity index (χ1) is 9.63. The molecule has 0 saturated heterocycles. The second kappa shape index (κ2) is 5.30. The van der Waals surface area contributed by atoms with E-state index >= 15 is 0 Å². The van der Waals surface area contributed by atoms with E-state index in [1.165, 1.54) is 22.2 Å². The molecule has 2 aromatic heterocycles. The van der Waals surface area contributed by atoms with Crippen LogP contribution in [0.25, 0.3) is 0 Å². The van der Waals surface area contributed by atoms with Gasteiger partial charge in [-0.25, -0.2) is 13.4 Å². The smallest absolute Gasteiger partial charge is 0.268 e. The van der Waals surface area contributed by atoms with Crippen molar-refractivity contribution in [1.29, 1.82) is 0 Å². The monoisotopic (exact) mass is 329 g/mol. The lowest BCUT2D eigenvalue weighted by atomic mass is 9.93. The molecule has 0 amide bonds. The van der Waals surface area contributed by atoms with E-state index in [-0.39, 0.29) is 16.1 Å². The topological polar surface area (TPSA) is 103 Å². The summed E-state index contributed by atoms with van der Waals surface area (Å²) in [6.45, 7) is 8.45. The molecule has 0 fully saturated rings. The summed E-state index contributed by atoms with van der Waals surface area (Å²) in [7, 11) is -3.78. The fourth-order valence-corrected chi connectivity index (χ4v) is 3.89. The van der Waals surface area contributed by atoms with Crippen LogP contribution >= 0.6 is 11.3 Å². The molecule has 9 heteroatoms. The first-order valence-corrected chi connectivity index (χ1v) is 8.81. The van der Waals surface area contributed by atoms with Crippen LogP contribution in [0.3, 0.4) is 0 Å². The lowest BCUT2D eigenvalue weighted by molar-refractivity contribution is 0.573. The molecule has 3 N–H and O–H groups in total. The van der Waals surface area contributed by atoms with Gasteiger partial charge in [-0.15, -0.1) is 11.3 Å². The predicted octanol–water partition coefficient (Wildman–Crippen LogP) is 2.04. The van der Waals surface area contributed by atoms with E-state index in [0.717, 1.165) is 5.69 Å². The number of thiazole rings is 1. The van der Waals surface area contributed by atoms with E-state index in [0.29, 0.717) is 11.7 Å². The van der Waals surface area contributed by atoms with Crippen molar-refractivity contribution in [3.8, 4) is 0 Å². The summed E-state index contributed by atoms with van der Waals surface area (Å²) in [6, 6.07) is 0. The van der Waals surface area contributed by atoms with Crippen molar-refractivity contribution in [2.24, 2.45) is 0 Å². The minimum Gasteiger partial charge on any atom is -0.381 e. The Labute approximate surface area is 128 Å². The van der Waals surface area contributed by atoms with Gasteiger partial charge in [-0.3, -0.25) is 9.40 Å². The molecule has 0 aromatic carbocycles. The number of nitrogens with zero attached hydrogens (tertiary/aromatic N) is 3. The van der Waals surface area contributed by atoms with Crippen LogP contribution in [0.15, 0.2) is 16.5 Å². The summed E-state index contributed by atoms with van der Waals surface area (Å²) in [6.07, 6.45) is 1.41. The lowest BCUT2D eigenvalue weighted by Gasteiger charge is -2.14. The minimum absolute atomic E-state index is 0.0167. The average Bonchev–Trinajstić information content (AvgIpc) is 2.94. The number of aromatic nitrogens is 3. The highest BCUT2D eigenvalue weighted by molar-refractivity contribution is 7.93. The molecule has 0 saturated carbocycles. The summed E-state index contributed by atoms with van der Waals surface area (Å²) in [5, 5.41) is 6.11. The molecule has 2 heterocycles. The zero-order valence-electron chi connectivity index (χ0n) is 12.4. The Morgan fingerprint density at radius 2 is 2.10 bits per heavy atom. The molecule has 0 aliphatic heterocycles. The number of hydrogen-bond acceptors (Lipinski definition) is 6. The van der Waals surface area contributed by atoms with Gasteiger partial charge in [0.25, 0.3) is 10.0 Å². The number of hydrogen-bond donors (Lipinski definition) is 2. The maximum Gasteiger partial charge on any atom is 0.268 e. The van der Waals surface area contributed by atoms with Crippen LogP contribution in [-0.2, 0) is 22.0 Å². The highest BCUT2D eigenvalue weighted by Gasteiger charge is 2.24. The third-order valence-corrected chi connectivity index (χ3v) is 5.11. The van der Waals surface area contributed by atoms with E-state index in [9.17, 15) is 8.42 Å². The van der Waals surface area contributed by atoms with Gasteiger partial charge in [0, 0.05) is 23.5 Å². The van der Waals surface area contributed by atoms with E-state index < -0.39 is 10.0 Å². The molecule has 0 bridgehead atoms. The second-order valence-electron chi connectivity index (χ2n) is 5.63. The van der Waals surface area contributed by atoms with Gasteiger partial charge in [-0.2, -0.15) is 5.10 Å². The van der Waals surface area contributed by atoms with Crippen LogP contribution in [0.2, 0.25) is 0 Å². The van der Waals surface area contributed by atoms with Crippen LogP contribution in [0.4, 0.5) is 10.9 Å². The van der Waals surface area contributed by atoms with Gasteiger partial charge in [0.15, 0.2) is 10.9 Å². The Balaban J connectivity index is 2.29. The number of aryl methyl sites for hydroxylation is 1. The van der Waals surface area contributed by atoms with Gasteiger partial charge < -0.3 is 5.73 Å². The molecular formula is C12H19N5O2S2. The molecule has 0 unspecified atom stereocenters. The van der Waals surface area contributed by atoms with Crippen molar-refractivity contribution in [2.75, 3.05) is 10.5 Å². The van der Waals surface area contributed by atoms with Gasteiger partial charge in [-0.1, -0.05) is 20.8 Å². The molecule has 21 heavy (non-hydrogen) atoms. The number of nitrogens with two attached hydrogens (primary N) is 1. The Morgan fingerprint density at radius 3 is 2.57 bits per heavy atom. The maximum atomic E-state index is 12.3. The molecule has 0 radical (unpaired) electrons. The van der Waals surface area contributed by atoms with Gasteiger partial charge >= 0.3 is 0 Å². The highest BCUT2D eigenvalue weighted by atomic mass is 32.2. The molecule has 116 valence electrons. The van der Waals surface area contributed by atoms with Crippen molar-refractivity contribution in [3.63, 3.8) is 0 Å². The van der Waals surface area contributed by atoms with Gasteiger partial charge in [0.2, 0.25) is 0 Å². The third kappa shape index (κ3) is 3.35. The van der Waals surface area contributed by atoms with Crippen molar-refractivity contribution < 1.29 is 8.42 Å². The number of rotatable bonds is 4. The average molecular weight is 329 g/mol. The number of anilines is 2. The molecule has 7 nitrogen and oxygen atoms in total. The van der Waals surface area contributed by atoms with Crippen molar-refractivity contribution in [1.82, 2.24) is 14.8 Å². The van der Waals surface area contributed by atoms with Crippen LogP contribution in [-0.4, -0.2) is 23.2 Å². The van der Waals surface area contributed by atoms with Gasteiger partial charge in [0.05, 0.1) is 5.69 Å². The van der Waals surface area contributed by atoms with Crippen LogP contribution in [0, 0.1) is 0 Å². The first kappa shape index (κ1) is 15.8. The Kier molecular flexibility index (Phi) is 3.98. The summed E-state index contributed by atoms with van der Waals surface area (Å²) >= 11 is 1.25.